The fourth-order valence-electron chi connectivity index (χ4n) is 5.06. The van der Waals surface area contributed by atoms with Gasteiger partial charge >= 0.3 is 0 Å². The van der Waals surface area contributed by atoms with E-state index in [0.29, 0.717) is 16.5 Å². The summed E-state index contributed by atoms with van der Waals surface area (Å²) in [6.45, 7) is 3.89. The molecule has 1 aromatic heterocycles. The molecule has 0 aliphatic carbocycles. The van der Waals surface area contributed by atoms with Gasteiger partial charge in [0, 0.05) is 43.0 Å². The van der Waals surface area contributed by atoms with Crippen LogP contribution >= 0.6 is 0 Å². The summed E-state index contributed by atoms with van der Waals surface area (Å²) in [5, 5.41) is 3.81. The maximum Gasteiger partial charge on any atom is 0.261 e. The molecule has 1 amide bonds. The van der Waals surface area contributed by atoms with E-state index in [-0.39, 0.29) is 17.5 Å². The van der Waals surface area contributed by atoms with E-state index < -0.39 is 0 Å². The molecule has 0 radical (unpaired) electrons. The topological polar surface area (TPSA) is 68.4 Å². The molecule has 3 aromatic rings. The van der Waals surface area contributed by atoms with Crippen molar-refractivity contribution in [3.63, 3.8) is 0 Å². The van der Waals surface area contributed by atoms with E-state index in [2.05, 4.69) is 35.6 Å². The number of likely N-dealkylation sites (tertiary alicyclic amines) is 1. The van der Waals surface area contributed by atoms with Gasteiger partial charge in [-0.15, -0.1) is 0 Å². The Kier molecular flexibility index (Phi) is 6.04. The van der Waals surface area contributed by atoms with Crippen LogP contribution in [0.3, 0.4) is 0 Å². The van der Waals surface area contributed by atoms with Gasteiger partial charge in [-0.1, -0.05) is 36.8 Å². The average Bonchev–Trinajstić information content (AvgIpc) is 3.06. The van der Waals surface area contributed by atoms with Crippen LogP contribution in [0.1, 0.15) is 53.8 Å². The van der Waals surface area contributed by atoms with E-state index in [0.717, 1.165) is 70.5 Å². The molecule has 2 aromatic carbocycles. The number of carbonyl (C=O) groups excluding carboxylic acids is 1. The number of nitrogens with zero attached hydrogens (tertiary/aromatic N) is 2. The van der Waals surface area contributed by atoms with Gasteiger partial charge in [-0.05, 0) is 31.0 Å². The second kappa shape index (κ2) is 9.25. The summed E-state index contributed by atoms with van der Waals surface area (Å²) in [7, 11) is 0. The highest BCUT2D eigenvalue weighted by Gasteiger charge is 2.24. The first-order valence-corrected chi connectivity index (χ1v) is 11.9. The number of aromatic nitrogens is 2. The third kappa shape index (κ3) is 4.46. The molecule has 3 heterocycles. The Hall–Kier alpha value is -2.99. The molecule has 6 nitrogen and oxygen atoms in total. The number of rotatable bonds is 4. The molecule has 0 bridgehead atoms. The molecule has 0 atom stereocenters. The van der Waals surface area contributed by atoms with Crippen LogP contribution in [0, 0.1) is 0 Å². The molecule has 2 aliphatic heterocycles. The summed E-state index contributed by atoms with van der Waals surface area (Å²) < 4.78 is 1.82. The van der Waals surface area contributed by atoms with Gasteiger partial charge in [0.2, 0.25) is 0 Å². The van der Waals surface area contributed by atoms with E-state index in [9.17, 15) is 9.59 Å². The van der Waals surface area contributed by atoms with E-state index in [4.69, 9.17) is 4.98 Å². The van der Waals surface area contributed by atoms with Crippen molar-refractivity contribution in [3.05, 3.63) is 75.8 Å². The van der Waals surface area contributed by atoms with Crippen molar-refractivity contribution in [2.75, 3.05) is 13.1 Å². The number of hydrogen-bond donors (Lipinski definition) is 2. The lowest BCUT2D eigenvalue weighted by Gasteiger charge is -2.29. The smallest absolute Gasteiger partial charge is 0.261 e. The zero-order valence-electron chi connectivity index (χ0n) is 18.5. The van der Waals surface area contributed by atoms with Gasteiger partial charge in [-0.2, -0.15) is 0 Å². The SMILES string of the molecule is O=C(NC1CC[NH+](Cc2ccccc2)CC1)c1ccc2c(=O)n3c(nc2c1)CCCCC3. The van der Waals surface area contributed by atoms with Crippen LogP contribution in [0.2, 0.25) is 0 Å². The Morgan fingerprint density at radius 1 is 1.06 bits per heavy atom. The third-order valence-electron chi connectivity index (χ3n) is 6.90. The predicted molar refractivity (Wildman–Crippen MR) is 125 cm³/mol. The van der Waals surface area contributed by atoms with Crippen molar-refractivity contribution in [2.24, 2.45) is 0 Å². The largest absolute Gasteiger partial charge is 0.349 e. The molecule has 0 spiro atoms. The van der Waals surface area contributed by atoms with Gasteiger partial charge in [-0.25, -0.2) is 4.98 Å². The highest BCUT2D eigenvalue weighted by Crippen LogP contribution is 2.17. The first-order valence-electron chi connectivity index (χ1n) is 11.9. The van der Waals surface area contributed by atoms with Crippen LogP contribution < -0.4 is 15.8 Å². The van der Waals surface area contributed by atoms with E-state index in [1.54, 1.807) is 23.1 Å². The number of hydrogen-bond acceptors (Lipinski definition) is 3. The van der Waals surface area contributed by atoms with Crippen molar-refractivity contribution in [2.45, 2.75) is 57.7 Å². The van der Waals surface area contributed by atoms with Crippen molar-refractivity contribution in [1.82, 2.24) is 14.9 Å². The van der Waals surface area contributed by atoms with Gasteiger partial charge in [0.05, 0.1) is 24.0 Å². The standard InChI is InChI=1S/C26H30N4O2/c31-25(27-21-12-15-29(16-13-21)18-19-7-3-1-4-8-19)20-10-11-22-23(17-20)28-24-9-5-2-6-14-30(24)26(22)32/h1,3-4,7-8,10-11,17,21H,2,5-6,9,12-16,18H2,(H,27,31)/p+1. The monoisotopic (exact) mass is 431 g/mol. The summed E-state index contributed by atoms with van der Waals surface area (Å²) in [6, 6.07) is 16.1. The van der Waals surface area contributed by atoms with E-state index in [1.165, 1.54) is 5.56 Å². The minimum atomic E-state index is -0.0692. The molecule has 166 valence electrons. The first kappa shape index (κ1) is 20.9. The van der Waals surface area contributed by atoms with Crippen LogP contribution in [0.15, 0.2) is 53.3 Å². The number of quaternary nitrogens is 1. The molecule has 0 saturated carbocycles. The van der Waals surface area contributed by atoms with Gasteiger partial charge < -0.3 is 10.2 Å². The lowest BCUT2D eigenvalue weighted by atomic mass is 10.0. The van der Waals surface area contributed by atoms with Crippen LogP contribution in [0.5, 0.6) is 0 Å². The molecule has 1 saturated heterocycles. The zero-order valence-corrected chi connectivity index (χ0v) is 18.5. The second-order valence-electron chi connectivity index (χ2n) is 9.19. The number of amides is 1. The van der Waals surface area contributed by atoms with Crippen molar-refractivity contribution in [3.8, 4) is 0 Å². The summed E-state index contributed by atoms with van der Waals surface area (Å²) in [5.41, 5.74) is 2.61. The Bertz CT molecular complexity index is 1160. The number of fused-ring (bicyclic) bond motifs is 2. The molecule has 2 aliphatic rings. The van der Waals surface area contributed by atoms with Crippen LogP contribution in [0.4, 0.5) is 0 Å². The zero-order chi connectivity index (χ0) is 21.9. The minimum Gasteiger partial charge on any atom is -0.349 e. The predicted octanol–water partition coefficient (Wildman–Crippen LogP) is 2.10. The van der Waals surface area contributed by atoms with Gasteiger partial charge in [0.15, 0.2) is 0 Å². The normalized spacial score (nSPS) is 21.0. The molecule has 2 N–H and O–H groups in total. The fourth-order valence-corrected chi connectivity index (χ4v) is 5.06. The van der Waals surface area contributed by atoms with Crippen LogP contribution in [0.25, 0.3) is 10.9 Å². The van der Waals surface area contributed by atoms with Crippen molar-refractivity contribution in [1.29, 1.82) is 0 Å². The first-order chi connectivity index (χ1) is 15.7. The fraction of sp³-hybridized carbons (Fsp3) is 0.423. The van der Waals surface area contributed by atoms with Gasteiger partial charge in [0.1, 0.15) is 12.4 Å². The highest BCUT2D eigenvalue weighted by atomic mass is 16.1. The molecule has 1 fully saturated rings. The third-order valence-corrected chi connectivity index (χ3v) is 6.90. The number of piperidine rings is 1. The Morgan fingerprint density at radius 2 is 1.88 bits per heavy atom. The molecule has 5 rings (SSSR count). The number of nitrogens with one attached hydrogen (secondary N) is 2. The average molecular weight is 432 g/mol. The number of aryl methyl sites for hydroxylation is 1. The summed E-state index contributed by atoms with van der Waals surface area (Å²) in [6.07, 6.45) is 5.99. The van der Waals surface area contributed by atoms with E-state index >= 15 is 0 Å². The maximum atomic E-state index is 12.9. The van der Waals surface area contributed by atoms with Crippen LogP contribution in [-0.4, -0.2) is 34.6 Å². The van der Waals surface area contributed by atoms with Crippen LogP contribution in [-0.2, 0) is 19.5 Å². The Labute approximate surface area is 188 Å². The maximum absolute atomic E-state index is 12.9. The summed E-state index contributed by atoms with van der Waals surface area (Å²) in [4.78, 5) is 32.2. The number of carbonyl (C=O) groups is 1. The molecule has 32 heavy (non-hydrogen) atoms. The Morgan fingerprint density at radius 3 is 2.69 bits per heavy atom. The minimum absolute atomic E-state index is 0.0209. The summed E-state index contributed by atoms with van der Waals surface area (Å²) in [5.74, 6) is 0.784. The number of benzene rings is 2. The Balaban J connectivity index is 1.25. The lowest BCUT2D eigenvalue weighted by Crippen LogP contribution is -3.12. The molecule has 6 heteroatoms. The van der Waals surface area contributed by atoms with Crippen molar-refractivity contribution >= 4 is 16.8 Å². The summed E-state index contributed by atoms with van der Waals surface area (Å²) >= 11 is 0. The molecule has 0 unspecified atom stereocenters. The lowest BCUT2D eigenvalue weighted by molar-refractivity contribution is -0.918. The molecular weight excluding hydrogens is 400 g/mol. The van der Waals surface area contributed by atoms with Crippen molar-refractivity contribution < 1.29 is 9.69 Å². The van der Waals surface area contributed by atoms with Gasteiger partial charge in [-0.3, -0.25) is 14.2 Å². The molecular formula is C26H31N4O2+. The second-order valence-corrected chi connectivity index (χ2v) is 9.19. The van der Waals surface area contributed by atoms with E-state index in [1.807, 2.05) is 4.57 Å². The highest BCUT2D eigenvalue weighted by molar-refractivity contribution is 5.97. The quantitative estimate of drug-likeness (QED) is 0.665. The van der Waals surface area contributed by atoms with Gasteiger partial charge in [0.25, 0.3) is 11.5 Å².